The summed E-state index contributed by atoms with van der Waals surface area (Å²) < 4.78 is 0. The third kappa shape index (κ3) is 8.60. The highest BCUT2D eigenvalue weighted by Gasteiger charge is 2.14. The molecule has 0 aromatic heterocycles. The van der Waals surface area contributed by atoms with Gasteiger partial charge in [-0.05, 0) is 79.5 Å². The maximum absolute atomic E-state index is 2.34. The maximum Gasteiger partial charge on any atom is -0.0132 e. The van der Waals surface area contributed by atoms with E-state index in [1.54, 1.807) is 5.56 Å². The van der Waals surface area contributed by atoms with E-state index < -0.39 is 0 Å². The normalized spacial score (nSPS) is 14.2. The Hall–Kier alpha value is -1.82. The Morgan fingerprint density at radius 3 is 1.83 bits per heavy atom. The molecule has 0 fully saturated rings. The molecule has 29 heavy (non-hydrogen) atoms. The molecule has 0 amide bonds. The lowest BCUT2D eigenvalue weighted by atomic mass is 9.86. The lowest BCUT2D eigenvalue weighted by Crippen LogP contribution is -2.10. The van der Waals surface area contributed by atoms with Crippen molar-refractivity contribution in [2.24, 2.45) is 0 Å². The minimum absolute atomic E-state index is 0.284. The Morgan fingerprint density at radius 1 is 0.828 bits per heavy atom. The fourth-order valence-electron chi connectivity index (χ4n) is 3.81. The zero-order valence-corrected chi connectivity index (χ0v) is 20.3. The molecule has 0 radical (unpaired) electrons. The SMILES string of the molecule is CC.CCc1ccc(C(C)(C)C)cc1.Cc1ccc(C2CCC=CCC2)c(C)c1. The van der Waals surface area contributed by atoms with Gasteiger partial charge in [0.15, 0.2) is 0 Å². The molecule has 0 spiro atoms. The van der Waals surface area contributed by atoms with Crippen LogP contribution < -0.4 is 0 Å². The fraction of sp³-hybridized carbons (Fsp3) is 0.517. The minimum Gasteiger partial charge on any atom is -0.0885 e. The Balaban J connectivity index is 0.000000273. The summed E-state index contributed by atoms with van der Waals surface area (Å²) in [5.41, 5.74) is 7.55. The molecule has 1 aliphatic rings. The Bertz CT molecular complexity index is 716. The summed E-state index contributed by atoms with van der Waals surface area (Å²) in [5.74, 6) is 0.778. The fourth-order valence-corrected chi connectivity index (χ4v) is 3.81. The molecule has 3 rings (SSSR count). The Morgan fingerprint density at radius 2 is 1.38 bits per heavy atom. The molecule has 2 aromatic rings. The second kappa shape index (κ2) is 12.7. The van der Waals surface area contributed by atoms with E-state index in [0.29, 0.717) is 0 Å². The second-order valence-corrected chi connectivity index (χ2v) is 8.98. The number of rotatable bonds is 2. The first-order valence-electron chi connectivity index (χ1n) is 11.6. The lowest BCUT2D eigenvalue weighted by molar-refractivity contribution is 0.590. The quantitative estimate of drug-likeness (QED) is 0.447. The van der Waals surface area contributed by atoms with Gasteiger partial charge in [0.25, 0.3) is 0 Å². The summed E-state index contributed by atoms with van der Waals surface area (Å²) in [6.07, 6.45) is 10.9. The van der Waals surface area contributed by atoms with Crippen LogP contribution in [0.15, 0.2) is 54.6 Å². The van der Waals surface area contributed by atoms with Crippen molar-refractivity contribution in [2.75, 3.05) is 0 Å². The number of hydrogen-bond acceptors (Lipinski definition) is 0. The van der Waals surface area contributed by atoms with E-state index in [0.717, 1.165) is 12.3 Å². The zero-order valence-electron chi connectivity index (χ0n) is 20.3. The van der Waals surface area contributed by atoms with Gasteiger partial charge in [0.2, 0.25) is 0 Å². The van der Waals surface area contributed by atoms with Crippen molar-refractivity contribution in [1.82, 2.24) is 0 Å². The van der Waals surface area contributed by atoms with Crippen LogP contribution in [0.3, 0.4) is 0 Å². The Labute approximate surface area is 181 Å². The zero-order chi connectivity index (χ0) is 21.9. The van der Waals surface area contributed by atoms with Gasteiger partial charge >= 0.3 is 0 Å². The van der Waals surface area contributed by atoms with Gasteiger partial charge in [0.05, 0.1) is 0 Å². The average Bonchev–Trinajstić information content (AvgIpc) is 2.99. The molecule has 0 nitrogen and oxygen atoms in total. The third-order valence-corrected chi connectivity index (χ3v) is 5.62. The molecule has 0 saturated carbocycles. The molecule has 0 atom stereocenters. The first-order chi connectivity index (χ1) is 13.8. The first kappa shape index (κ1) is 25.2. The monoisotopic (exact) mass is 392 g/mol. The molecule has 0 heteroatoms. The minimum atomic E-state index is 0.284. The molecular formula is C29H44. The van der Waals surface area contributed by atoms with E-state index in [-0.39, 0.29) is 5.41 Å². The maximum atomic E-state index is 2.34. The highest BCUT2D eigenvalue weighted by Crippen LogP contribution is 2.31. The third-order valence-electron chi connectivity index (χ3n) is 5.62. The predicted octanol–water partition coefficient (Wildman–Crippen LogP) is 9.09. The molecule has 0 N–H and O–H groups in total. The van der Waals surface area contributed by atoms with Crippen LogP contribution >= 0.6 is 0 Å². The van der Waals surface area contributed by atoms with Crippen molar-refractivity contribution in [3.05, 3.63) is 82.4 Å². The molecular weight excluding hydrogens is 348 g/mol. The van der Waals surface area contributed by atoms with E-state index in [1.165, 1.54) is 47.9 Å². The standard InChI is InChI=1S/C15H20.C12H18.C2H6/c1-12-9-10-15(13(2)11-12)14-7-5-3-4-6-8-14;1-5-10-6-8-11(9-7-10)12(2,3)4;1-2/h3-4,9-11,14H,5-8H2,1-2H3;6-9H,5H2,1-4H3;1-2H3. The van der Waals surface area contributed by atoms with E-state index >= 15 is 0 Å². The van der Waals surface area contributed by atoms with Gasteiger partial charge < -0.3 is 0 Å². The van der Waals surface area contributed by atoms with Crippen LogP contribution in [0, 0.1) is 13.8 Å². The van der Waals surface area contributed by atoms with Crippen LogP contribution in [0.25, 0.3) is 0 Å². The number of aryl methyl sites for hydroxylation is 3. The van der Waals surface area contributed by atoms with Gasteiger partial charge in [-0.3, -0.25) is 0 Å². The molecule has 0 unspecified atom stereocenters. The lowest BCUT2D eigenvalue weighted by Gasteiger charge is -2.18. The highest BCUT2D eigenvalue weighted by atomic mass is 14.2. The van der Waals surface area contributed by atoms with E-state index in [4.69, 9.17) is 0 Å². The van der Waals surface area contributed by atoms with Crippen molar-refractivity contribution in [2.45, 2.75) is 98.8 Å². The number of benzene rings is 2. The summed E-state index contributed by atoms with van der Waals surface area (Å²) >= 11 is 0. The van der Waals surface area contributed by atoms with Crippen molar-refractivity contribution in [3.8, 4) is 0 Å². The van der Waals surface area contributed by atoms with Gasteiger partial charge in [-0.2, -0.15) is 0 Å². The smallest absolute Gasteiger partial charge is 0.0132 e. The van der Waals surface area contributed by atoms with Crippen LogP contribution in [0.4, 0.5) is 0 Å². The van der Waals surface area contributed by atoms with Crippen molar-refractivity contribution in [3.63, 3.8) is 0 Å². The molecule has 0 heterocycles. The molecule has 0 aliphatic heterocycles. The van der Waals surface area contributed by atoms with E-state index in [1.807, 2.05) is 13.8 Å². The molecule has 1 aliphatic carbocycles. The van der Waals surface area contributed by atoms with Gasteiger partial charge in [-0.15, -0.1) is 0 Å². The molecule has 2 aromatic carbocycles. The number of hydrogen-bond donors (Lipinski definition) is 0. The largest absolute Gasteiger partial charge is 0.0885 e. The first-order valence-corrected chi connectivity index (χ1v) is 11.6. The summed E-state index contributed by atoms with van der Waals surface area (Å²) in [7, 11) is 0. The van der Waals surface area contributed by atoms with Crippen LogP contribution in [0.1, 0.15) is 101 Å². The highest BCUT2D eigenvalue weighted by molar-refractivity contribution is 5.33. The van der Waals surface area contributed by atoms with E-state index in [9.17, 15) is 0 Å². The summed E-state index contributed by atoms with van der Waals surface area (Å²) in [4.78, 5) is 0. The van der Waals surface area contributed by atoms with Crippen molar-refractivity contribution < 1.29 is 0 Å². The molecule has 160 valence electrons. The van der Waals surface area contributed by atoms with Gasteiger partial charge in [-0.25, -0.2) is 0 Å². The summed E-state index contributed by atoms with van der Waals surface area (Å²) in [6.45, 7) is 17.3. The molecule has 0 saturated heterocycles. The van der Waals surface area contributed by atoms with E-state index in [2.05, 4.69) is 96.2 Å². The van der Waals surface area contributed by atoms with Crippen molar-refractivity contribution in [1.29, 1.82) is 0 Å². The molecule has 0 bridgehead atoms. The average molecular weight is 393 g/mol. The van der Waals surface area contributed by atoms with Crippen molar-refractivity contribution >= 4 is 0 Å². The summed E-state index contributed by atoms with van der Waals surface area (Å²) in [5, 5.41) is 0. The number of allylic oxidation sites excluding steroid dienone is 2. The predicted molar refractivity (Wildman–Crippen MR) is 132 cm³/mol. The van der Waals surface area contributed by atoms with Gasteiger partial charge in [0, 0.05) is 0 Å². The topological polar surface area (TPSA) is 0 Å². The second-order valence-electron chi connectivity index (χ2n) is 8.98. The van der Waals surface area contributed by atoms with Gasteiger partial charge in [-0.1, -0.05) is 102 Å². The van der Waals surface area contributed by atoms with Crippen LogP contribution in [-0.4, -0.2) is 0 Å². The van der Waals surface area contributed by atoms with Crippen LogP contribution in [0.5, 0.6) is 0 Å². The van der Waals surface area contributed by atoms with Gasteiger partial charge in [0.1, 0.15) is 0 Å². The van der Waals surface area contributed by atoms with Crippen LogP contribution in [-0.2, 0) is 11.8 Å². The summed E-state index contributed by atoms with van der Waals surface area (Å²) in [6, 6.07) is 15.8. The Kier molecular flexibility index (Phi) is 11.0. The van der Waals surface area contributed by atoms with Crippen LogP contribution in [0.2, 0.25) is 0 Å².